The van der Waals surface area contributed by atoms with Gasteiger partial charge in [-0.2, -0.15) is 0 Å². The van der Waals surface area contributed by atoms with E-state index in [9.17, 15) is 0 Å². The Bertz CT molecular complexity index is 1150. The topological polar surface area (TPSA) is 44.8 Å². The molecule has 0 amide bonds. The minimum Gasteiger partial charge on any atom is -0.361 e. The van der Waals surface area contributed by atoms with Gasteiger partial charge in [-0.25, -0.2) is 9.97 Å². The van der Waals surface area contributed by atoms with Crippen LogP contribution in [0.4, 0.5) is 0 Å². The minimum absolute atomic E-state index is 0.816. The molecule has 1 N–H and O–H groups in total. The molecule has 0 atom stereocenters. The zero-order valence-electron chi connectivity index (χ0n) is 15.7. The molecular formula is C23H21BrN4. The molecule has 0 bridgehead atoms. The number of halogens is 1. The summed E-state index contributed by atoms with van der Waals surface area (Å²) in [7, 11) is 0. The summed E-state index contributed by atoms with van der Waals surface area (Å²) in [5.41, 5.74) is 7.25. The van der Waals surface area contributed by atoms with Crippen LogP contribution in [0.25, 0.3) is 22.3 Å². The number of H-pyrrole nitrogens is 1. The quantitative estimate of drug-likeness (QED) is 0.480. The summed E-state index contributed by atoms with van der Waals surface area (Å²) in [6, 6.07) is 14.8. The van der Waals surface area contributed by atoms with Crippen LogP contribution in [0.5, 0.6) is 0 Å². The number of nitrogens with zero attached hydrogens (tertiary/aromatic N) is 3. The van der Waals surface area contributed by atoms with E-state index in [4.69, 9.17) is 4.98 Å². The van der Waals surface area contributed by atoms with Gasteiger partial charge < -0.3 is 4.98 Å². The van der Waals surface area contributed by atoms with Crippen LogP contribution < -0.4 is 0 Å². The van der Waals surface area contributed by atoms with Gasteiger partial charge in [0.2, 0.25) is 0 Å². The smallest absolute Gasteiger partial charge is 0.159 e. The Hall–Kier alpha value is -2.50. The molecule has 2 aromatic carbocycles. The lowest BCUT2D eigenvalue weighted by Gasteiger charge is -2.27. The van der Waals surface area contributed by atoms with Crippen molar-refractivity contribution in [3.8, 4) is 11.4 Å². The molecule has 0 unspecified atom stereocenters. The average Bonchev–Trinajstić information content (AvgIpc) is 3.10. The molecule has 3 heterocycles. The molecule has 0 saturated heterocycles. The summed E-state index contributed by atoms with van der Waals surface area (Å²) >= 11 is 3.59. The molecule has 1 aliphatic heterocycles. The van der Waals surface area contributed by atoms with Gasteiger partial charge in [0.1, 0.15) is 0 Å². The Morgan fingerprint density at radius 3 is 2.86 bits per heavy atom. The van der Waals surface area contributed by atoms with Crippen LogP contribution in [0.2, 0.25) is 0 Å². The summed E-state index contributed by atoms with van der Waals surface area (Å²) < 4.78 is 1.11. The largest absolute Gasteiger partial charge is 0.361 e. The second-order valence-electron chi connectivity index (χ2n) is 7.50. The first kappa shape index (κ1) is 17.6. The van der Waals surface area contributed by atoms with Crippen molar-refractivity contribution >= 4 is 26.8 Å². The molecule has 0 spiro atoms. The molecule has 5 rings (SSSR count). The first-order valence-electron chi connectivity index (χ1n) is 9.55. The molecule has 4 nitrogen and oxygen atoms in total. The van der Waals surface area contributed by atoms with Crippen LogP contribution in [-0.2, 0) is 19.5 Å². The normalized spacial score (nSPS) is 14.4. The Morgan fingerprint density at radius 1 is 1.14 bits per heavy atom. The Balaban J connectivity index is 1.40. The van der Waals surface area contributed by atoms with Crippen LogP contribution in [0.15, 0.2) is 59.3 Å². The van der Waals surface area contributed by atoms with Crippen LogP contribution >= 0.6 is 15.9 Å². The predicted molar refractivity (Wildman–Crippen MR) is 116 cm³/mol. The van der Waals surface area contributed by atoms with E-state index in [1.165, 1.54) is 27.6 Å². The molecule has 0 aliphatic carbocycles. The van der Waals surface area contributed by atoms with E-state index >= 15 is 0 Å². The first-order chi connectivity index (χ1) is 13.7. The Labute approximate surface area is 172 Å². The minimum atomic E-state index is 0.816. The maximum absolute atomic E-state index is 4.90. The lowest BCUT2D eigenvalue weighted by atomic mass is 10.0. The van der Waals surface area contributed by atoms with E-state index in [-0.39, 0.29) is 0 Å². The van der Waals surface area contributed by atoms with Crippen LogP contribution in [0.3, 0.4) is 0 Å². The Morgan fingerprint density at radius 2 is 2.00 bits per heavy atom. The van der Waals surface area contributed by atoms with Crippen molar-refractivity contribution in [1.29, 1.82) is 0 Å². The summed E-state index contributed by atoms with van der Waals surface area (Å²) in [4.78, 5) is 15.4. The second kappa shape index (κ2) is 7.15. The summed E-state index contributed by atoms with van der Waals surface area (Å²) in [5.74, 6) is 0.816. The van der Waals surface area contributed by atoms with Crippen molar-refractivity contribution < 1.29 is 0 Å². The number of benzene rings is 2. The molecule has 0 saturated carbocycles. The second-order valence-corrected chi connectivity index (χ2v) is 8.41. The number of hydrogen-bond acceptors (Lipinski definition) is 3. The highest BCUT2D eigenvalue weighted by Crippen LogP contribution is 2.26. The molecule has 28 heavy (non-hydrogen) atoms. The van der Waals surface area contributed by atoms with E-state index in [0.29, 0.717) is 0 Å². The monoisotopic (exact) mass is 432 g/mol. The SMILES string of the molecule is Cc1ccc(-c2ncc3c(n2)CN(Cc2c[nH]c4ccc(Br)cc24)CC3)cc1. The first-order valence-corrected chi connectivity index (χ1v) is 10.3. The molecule has 0 radical (unpaired) electrons. The number of fused-ring (bicyclic) bond motifs is 2. The van der Waals surface area contributed by atoms with Crippen molar-refractivity contribution in [1.82, 2.24) is 19.9 Å². The number of nitrogens with one attached hydrogen (secondary N) is 1. The fourth-order valence-electron chi connectivity index (χ4n) is 3.86. The molecule has 140 valence electrons. The summed E-state index contributed by atoms with van der Waals surface area (Å²) in [5, 5.41) is 1.28. The zero-order chi connectivity index (χ0) is 19.1. The zero-order valence-corrected chi connectivity index (χ0v) is 17.3. The lowest BCUT2D eigenvalue weighted by Crippen LogP contribution is -2.31. The van der Waals surface area contributed by atoms with Gasteiger partial charge in [-0.15, -0.1) is 0 Å². The van der Waals surface area contributed by atoms with Crippen molar-refractivity contribution in [2.45, 2.75) is 26.4 Å². The number of aryl methyl sites for hydroxylation is 1. The van der Waals surface area contributed by atoms with E-state index < -0.39 is 0 Å². The number of hydrogen-bond donors (Lipinski definition) is 1. The molecule has 1 aliphatic rings. The van der Waals surface area contributed by atoms with Crippen molar-refractivity contribution in [2.75, 3.05) is 6.54 Å². The third-order valence-electron chi connectivity index (χ3n) is 5.46. The third-order valence-corrected chi connectivity index (χ3v) is 5.95. The van der Waals surface area contributed by atoms with Gasteiger partial charge in [0, 0.05) is 53.0 Å². The van der Waals surface area contributed by atoms with E-state index in [1.54, 1.807) is 0 Å². The van der Waals surface area contributed by atoms with Gasteiger partial charge in [0.15, 0.2) is 5.82 Å². The van der Waals surface area contributed by atoms with Gasteiger partial charge in [0.25, 0.3) is 0 Å². The highest BCUT2D eigenvalue weighted by atomic mass is 79.9. The van der Waals surface area contributed by atoms with Gasteiger partial charge in [-0.05, 0) is 42.7 Å². The van der Waals surface area contributed by atoms with Crippen molar-refractivity contribution in [2.24, 2.45) is 0 Å². The third kappa shape index (κ3) is 3.36. The highest BCUT2D eigenvalue weighted by Gasteiger charge is 2.20. The van der Waals surface area contributed by atoms with Crippen LogP contribution in [0.1, 0.15) is 22.4 Å². The van der Waals surface area contributed by atoms with Gasteiger partial charge >= 0.3 is 0 Å². The summed E-state index contributed by atoms with van der Waals surface area (Å²) in [6.07, 6.45) is 5.14. The van der Waals surface area contributed by atoms with Crippen LogP contribution in [0, 0.1) is 6.92 Å². The fourth-order valence-corrected chi connectivity index (χ4v) is 4.22. The Kier molecular flexibility index (Phi) is 4.49. The predicted octanol–water partition coefficient (Wildman–Crippen LogP) is 5.25. The molecule has 4 aromatic rings. The number of rotatable bonds is 3. The van der Waals surface area contributed by atoms with Crippen LogP contribution in [-0.4, -0.2) is 26.4 Å². The number of aromatic amines is 1. The van der Waals surface area contributed by atoms with Crippen molar-refractivity contribution in [3.63, 3.8) is 0 Å². The average molecular weight is 433 g/mol. The van der Waals surface area contributed by atoms with Gasteiger partial charge in [-0.1, -0.05) is 45.8 Å². The van der Waals surface area contributed by atoms with Gasteiger partial charge in [0.05, 0.1) is 5.69 Å². The highest BCUT2D eigenvalue weighted by molar-refractivity contribution is 9.10. The number of aromatic nitrogens is 3. The summed E-state index contributed by atoms with van der Waals surface area (Å²) in [6.45, 7) is 4.90. The fraction of sp³-hybridized carbons (Fsp3) is 0.217. The van der Waals surface area contributed by atoms with E-state index in [0.717, 1.165) is 47.6 Å². The maximum Gasteiger partial charge on any atom is 0.159 e. The molecule has 2 aromatic heterocycles. The molecular weight excluding hydrogens is 412 g/mol. The molecule has 0 fully saturated rings. The van der Waals surface area contributed by atoms with Crippen molar-refractivity contribution in [3.05, 3.63) is 81.7 Å². The van der Waals surface area contributed by atoms with Gasteiger partial charge in [-0.3, -0.25) is 4.90 Å². The lowest BCUT2D eigenvalue weighted by molar-refractivity contribution is 0.242. The van der Waals surface area contributed by atoms with E-state index in [2.05, 4.69) is 86.4 Å². The molecule has 5 heteroatoms. The van der Waals surface area contributed by atoms with E-state index in [1.807, 2.05) is 6.20 Å². The maximum atomic E-state index is 4.90. The standard InChI is InChI=1S/C23H21BrN4/c1-15-2-4-16(5-3-15)23-26-11-17-8-9-28(14-22(17)27-23)13-18-12-25-21-7-6-19(24)10-20(18)21/h2-7,10-12,25H,8-9,13-14H2,1H3.